The van der Waals surface area contributed by atoms with Crippen LogP contribution < -0.4 is 20.1 Å². The number of carbonyl (C=O) groups is 3. The number of hydrogen-bond donors (Lipinski definition) is 2. The molecule has 3 rings (SSSR count). The van der Waals surface area contributed by atoms with E-state index in [-0.39, 0.29) is 6.42 Å². The molecule has 2 amide bonds. The lowest BCUT2D eigenvalue weighted by molar-refractivity contribution is -0.155. The van der Waals surface area contributed by atoms with Crippen molar-refractivity contribution in [1.29, 1.82) is 0 Å². The first-order valence-corrected chi connectivity index (χ1v) is 9.26. The number of ether oxygens (including phenoxy) is 3. The van der Waals surface area contributed by atoms with Crippen LogP contribution >= 0.6 is 0 Å². The van der Waals surface area contributed by atoms with E-state index in [0.717, 1.165) is 0 Å². The zero-order chi connectivity index (χ0) is 20.8. The second kappa shape index (κ2) is 9.09. The normalized spacial score (nSPS) is 15.9. The van der Waals surface area contributed by atoms with Gasteiger partial charge in [0.1, 0.15) is 11.5 Å². The van der Waals surface area contributed by atoms with Gasteiger partial charge in [0.2, 0.25) is 0 Å². The average Bonchev–Trinajstić information content (AvgIpc) is 2.70. The van der Waals surface area contributed by atoms with Crippen LogP contribution in [0.25, 0.3) is 0 Å². The molecule has 1 heterocycles. The van der Waals surface area contributed by atoms with E-state index >= 15 is 0 Å². The number of esters is 1. The van der Waals surface area contributed by atoms with Crippen molar-refractivity contribution in [1.82, 2.24) is 0 Å². The van der Waals surface area contributed by atoms with Gasteiger partial charge in [-0.15, -0.1) is 0 Å². The molecule has 2 aromatic rings. The van der Waals surface area contributed by atoms with Gasteiger partial charge < -0.3 is 24.8 Å². The maximum absolute atomic E-state index is 12.4. The fourth-order valence-electron chi connectivity index (χ4n) is 2.76. The predicted molar refractivity (Wildman–Crippen MR) is 106 cm³/mol. The van der Waals surface area contributed by atoms with Crippen molar-refractivity contribution >= 4 is 29.2 Å². The Bertz CT molecular complexity index is 914. The Morgan fingerprint density at radius 2 is 1.90 bits per heavy atom. The number of benzene rings is 2. The summed E-state index contributed by atoms with van der Waals surface area (Å²) in [5.41, 5.74) is 1.02. The van der Waals surface area contributed by atoms with E-state index < -0.39 is 30.0 Å². The molecule has 2 aromatic carbocycles. The van der Waals surface area contributed by atoms with Crippen LogP contribution in [0.5, 0.6) is 11.5 Å². The number of fused-ring (bicyclic) bond motifs is 1. The third-order valence-electron chi connectivity index (χ3n) is 4.18. The maximum Gasteiger partial charge on any atom is 0.310 e. The van der Waals surface area contributed by atoms with E-state index in [4.69, 9.17) is 14.2 Å². The van der Waals surface area contributed by atoms with Gasteiger partial charge in [-0.3, -0.25) is 14.4 Å². The minimum Gasteiger partial charge on any atom is -0.492 e. The highest BCUT2D eigenvalue weighted by Crippen LogP contribution is 2.29. The highest BCUT2D eigenvalue weighted by Gasteiger charge is 2.31. The fraction of sp³-hybridized carbons (Fsp3) is 0.286. The number of hydrogen-bond acceptors (Lipinski definition) is 6. The van der Waals surface area contributed by atoms with Crippen molar-refractivity contribution in [3.63, 3.8) is 0 Å². The summed E-state index contributed by atoms with van der Waals surface area (Å²) in [6.45, 7) is 3.74. The summed E-state index contributed by atoms with van der Waals surface area (Å²) >= 11 is 0. The van der Waals surface area contributed by atoms with Crippen molar-refractivity contribution in [2.75, 3.05) is 17.2 Å². The lowest BCUT2D eigenvalue weighted by Crippen LogP contribution is -2.40. The van der Waals surface area contributed by atoms with Crippen LogP contribution in [0.3, 0.4) is 0 Å². The fourth-order valence-corrected chi connectivity index (χ4v) is 2.76. The number of amides is 2. The Hall–Kier alpha value is -3.55. The molecule has 0 saturated heterocycles. The average molecular weight is 398 g/mol. The van der Waals surface area contributed by atoms with E-state index in [0.29, 0.717) is 29.5 Å². The molecule has 8 heteroatoms. The molecule has 1 aliphatic heterocycles. The molecule has 0 fully saturated rings. The van der Waals surface area contributed by atoms with Gasteiger partial charge in [-0.2, -0.15) is 0 Å². The van der Waals surface area contributed by atoms with Crippen LogP contribution in [0.4, 0.5) is 11.4 Å². The molecule has 0 unspecified atom stereocenters. The van der Waals surface area contributed by atoms with Crippen LogP contribution in [-0.4, -0.2) is 36.6 Å². The lowest BCUT2D eigenvalue weighted by atomic mass is 10.1. The summed E-state index contributed by atoms with van der Waals surface area (Å²) in [5, 5.41) is 5.35. The molecule has 2 atom stereocenters. The number of rotatable bonds is 7. The van der Waals surface area contributed by atoms with Gasteiger partial charge in [0.05, 0.1) is 24.4 Å². The van der Waals surface area contributed by atoms with Crippen molar-refractivity contribution < 1.29 is 28.6 Å². The summed E-state index contributed by atoms with van der Waals surface area (Å²) in [5.74, 6) is -0.672. The van der Waals surface area contributed by atoms with Gasteiger partial charge in [-0.1, -0.05) is 24.3 Å². The van der Waals surface area contributed by atoms with E-state index in [1.165, 1.54) is 6.92 Å². The van der Waals surface area contributed by atoms with Gasteiger partial charge >= 0.3 is 5.97 Å². The van der Waals surface area contributed by atoms with E-state index in [9.17, 15) is 14.4 Å². The molecular formula is C21H22N2O6. The first kappa shape index (κ1) is 20.2. The minimum absolute atomic E-state index is 0.312. The van der Waals surface area contributed by atoms with Crippen LogP contribution in [0.1, 0.15) is 20.3 Å². The molecule has 152 valence electrons. The zero-order valence-corrected chi connectivity index (χ0v) is 16.1. The first-order valence-electron chi connectivity index (χ1n) is 9.26. The Labute approximate surface area is 168 Å². The van der Waals surface area contributed by atoms with Gasteiger partial charge in [0.25, 0.3) is 11.8 Å². The molecule has 2 N–H and O–H groups in total. The lowest BCUT2D eigenvalue weighted by Gasteiger charge is -2.25. The van der Waals surface area contributed by atoms with Crippen LogP contribution in [0.2, 0.25) is 0 Å². The second-order valence-electron chi connectivity index (χ2n) is 6.35. The van der Waals surface area contributed by atoms with Crippen molar-refractivity contribution in [3.8, 4) is 11.5 Å². The summed E-state index contributed by atoms with van der Waals surface area (Å²) in [4.78, 5) is 36.7. The molecule has 0 saturated carbocycles. The highest BCUT2D eigenvalue weighted by atomic mass is 16.6. The van der Waals surface area contributed by atoms with E-state index in [1.807, 2.05) is 6.92 Å². The smallest absolute Gasteiger partial charge is 0.310 e. The number of nitrogens with one attached hydrogen (secondary N) is 2. The molecule has 29 heavy (non-hydrogen) atoms. The van der Waals surface area contributed by atoms with Crippen molar-refractivity contribution in [2.24, 2.45) is 0 Å². The summed E-state index contributed by atoms with van der Waals surface area (Å²) in [6.07, 6.45) is -2.39. The van der Waals surface area contributed by atoms with E-state index in [1.54, 1.807) is 48.5 Å². The molecule has 8 nitrogen and oxygen atoms in total. The predicted octanol–water partition coefficient (Wildman–Crippen LogP) is 2.75. The zero-order valence-electron chi connectivity index (χ0n) is 16.1. The number of anilines is 2. The molecule has 1 aliphatic rings. The third-order valence-corrected chi connectivity index (χ3v) is 4.18. The largest absolute Gasteiger partial charge is 0.492 e. The van der Waals surface area contributed by atoms with Gasteiger partial charge in [-0.05, 0) is 38.1 Å². The van der Waals surface area contributed by atoms with Gasteiger partial charge in [0.15, 0.2) is 12.2 Å². The van der Waals surface area contributed by atoms with Crippen LogP contribution in [0, 0.1) is 0 Å². The Morgan fingerprint density at radius 3 is 2.69 bits per heavy atom. The Morgan fingerprint density at radius 1 is 1.17 bits per heavy atom. The van der Waals surface area contributed by atoms with Crippen LogP contribution in [0.15, 0.2) is 48.5 Å². The Balaban J connectivity index is 1.55. The molecule has 0 bridgehead atoms. The summed E-state index contributed by atoms with van der Waals surface area (Å²) in [7, 11) is 0. The SMILES string of the molecule is CCOc1ccccc1NC(=O)[C@H](C)OC(=O)C[C@H]1Oc2ccccc2NC1=O. The molecule has 0 aromatic heterocycles. The molecular weight excluding hydrogens is 376 g/mol. The summed E-state index contributed by atoms with van der Waals surface area (Å²) in [6, 6.07) is 13.9. The van der Waals surface area contributed by atoms with Crippen LogP contribution in [-0.2, 0) is 19.1 Å². The number of para-hydroxylation sites is 4. The van der Waals surface area contributed by atoms with Crippen molar-refractivity contribution in [3.05, 3.63) is 48.5 Å². The first-order chi connectivity index (χ1) is 14.0. The maximum atomic E-state index is 12.4. The van der Waals surface area contributed by atoms with Crippen molar-refractivity contribution in [2.45, 2.75) is 32.5 Å². The molecule has 0 spiro atoms. The van der Waals surface area contributed by atoms with Gasteiger partial charge in [-0.25, -0.2) is 0 Å². The monoisotopic (exact) mass is 398 g/mol. The molecule has 0 radical (unpaired) electrons. The second-order valence-corrected chi connectivity index (χ2v) is 6.35. The Kier molecular flexibility index (Phi) is 6.33. The quantitative estimate of drug-likeness (QED) is 0.695. The number of carbonyl (C=O) groups excluding carboxylic acids is 3. The standard InChI is InChI=1S/C21H22N2O6/c1-3-27-16-10-6-4-8-14(16)22-20(25)13(2)28-19(24)12-18-21(26)23-15-9-5-7-11-17(15)29-18/h4-11,13,18H,3,12H2,1-2H3,(H,22,25)(H,23,26)/t13-,18+/m0/s1. The van der Waals surface area contributed by atoms with Gasteiger partial charge in [0, 0.05) is 0 Å². The summed E-state index contributed by atoms with van der Waals surface area (Å²) < 4.78 is 16.2. The van der Waals surface area contributed by atoms with E-state index in [2.05, 4.69) is 10.6 Å². The third kappa shape index (κ3) is 5.04. The highest BCUT2D eigenvalue weighted by molar-refractivity contribution is 6.00. The minimum atomic E-state index is -1.06. The topological polar surface area (TPSA) is 103 Å². The molecule has 0 aliphatic carbocycles.